The number of anilines is 1. The van der Waals surface area contributed by atoms with Gasteiger partial charge in [-0.15, -0.1) is 0 Å². The van der Waals surface area contributed by atoms with Crippen LogP contribution in [0.4, 0.5) is 11.4 Å². The van der Waals surface area contributed by atoms with Gasteiger partial charge in [0.2, 0.25) is 5.69 Å². The molecular formula is C34H31N4O5+. The molecule has 0 bridgehead atoms. The van der Waals surface area contributed by atoms with Crippen LogP contribution in [0.15, 0.2) is 82.6 Å². The summed E-state index contributed by atoms with van der Waals surface area (Å²) >= 11 is 0. The lowest BCUT2D eigenvalue weighted by Gasteiger charge is -2.30. The fourth-order valence-corrected chi connectivity index (χ4v) is 6.40. The van der Waals surface area contributed by atoms with Gasteiger partial charge in [-0.05, 0) is 49.6 Å². The van der Waals surface area contributed by atoms with Gasteiger partial charge in [-0.3, -0.25) is 15.0 Å². The van der Waals surface area contributed by atoms with Crippen LogP contribution in [0.5, 0.6) is 0 Å². The molecule has 0 amide bonds. The molecule has 0 unspecified atom stereocenters. The van der Waals surface area contributed by atoms with Crippen LogP contribution in [-0.4, -0.2) is 57.7 Å². The summed E-state index contributed by atoms with van der Waals surface area (Å²) in [4.78, 5) is 38.9. The number of carbonyl (C=O) groups is 3. The zero-order valence-electron chi connectivity index (χ0n) is 24.6. The first-order valence-electron chi connectivity index (χ1n) is 13.8. The van der Waals surface area contributed by atoms with Crippen LogP contribution in [0, 0.1) is 16.7 Å². The van der Waals surface area contributed by atoms with Crippen LogP contribution < -0.4 is 4.90 Å². The first-order valence-corrected chi connectivity index (χ1v) is 13.8. The Balaban J connectivity index is 1.70. The van der Waals surface area contributed by atoms with Crippen molar-refractivity contribution in [3.63, 3.8) is 0 Å². The molecule has 0 saturated carbocycles. The summed E-state index contributed by atoms with van der Waals surface area (Å²) in [6.45, 7) is 7.98. The van der Waals surface area contributed by atoms with E-state index in [1.54, 1.807) is 29.2 Å². The van der Waals surface area contributed by atoms with E-state index in [-0.39, 0.29) is 35.5 Å². The number of aromatic carboxylic acids is 1. The van der Waals surface area contributed by atoms with Gasteiger partial charge in [0.15, 0.2) is 11.5 Å². The maximum Gasteiger partial charge on any atom is 0.335 e. The highest BCUT2D eigenvalue weighted by Crippen LogP contribution is 2.50. The van der Waals surface area contributed by atoms with Crippen molar-refractivity contribution < 1.29 is 29.2 Å². The molecule has 2 heterocycles. The summed E-state index contributed by atoms with van der Waals surface area (Å²) in [6, 6.07) is 14.7. The van der Waals surface area contributed by atoms with Crippen LogP contribution in [0.1, 0.15) is 55.6 Å². The maximum atomic E-state index is 13.9. The number of hydrogen-bond donors (Lipinski definition) is 3. The molecule has 2 aromatic rings. The number of Topliss-reactive ketones (excluding diaryl/α,β-unsaturated/α-hetero) is 1. The molecule has 9 heteroatoms. The van der Waals surface area contributed by atoms with Crippen LogP contribution >= 0.6 is 0 Å². The highest BCUT2D eigenvalue weighted by Gasteiger charge is 2.47. The minimum atomic E-state index is -1.09. The van der Waals surface area contributed by atoms with Crippen LogP contribution in [0.2, 0.25) is 0 Å². The molecule has 0 saturated heterocycles. The highest BCUT2D eigenvalue weighted by atomic mass is 16.4. The summed E-state index contributed by atoms with van der Waals surface area (Å²) in [5.41, 5.74) is 4.49. The van der Waals surface area contributed by atoms with E-state index in [1.165, 1.54) is 6.07 Å². The molecule has 3 N–H and O–H groups in total. The number of hydrogen-bond acceptors (Lipinski definition) is 6. The molecule has 0 aromatic heterocycles. The number of carboxylic acids is 2. The maximum absolute atomic E-state index is 13.9. The van der Waals surface area contributed by atoms with E-state index in [0.717, 1.165) is 17.0 Å². The highest BCUT2D eigenvalue weighted by molar-refractivity contribution is 6.27. The molecule has 2 aliphatic heterocycles. The van der Waals surface area contributed by atoms with Crippen molar-refractivity contribution in [1.29, 1.82) is 10.7 Å². The summed E-state index contributed by atoms with van der Waals surface area (Å²) in [6.07, 6.45) is 3.24. The number of nitrogens with zero attached hydrogens (tertiary/aromatic N) is 3. The number of benzene rings is 2. The smallest absolute Gasteiger partial charge is 0.335 e. The standard InChI is InChI=1S/C34H30N4O5/c1-33(2)23-8-6-7-9-25(23)37(5)27(33)15-21-30(20(17-35)18-36)22(31(21)41)16-28-34(3,4)24-14-19(32(42)43)10-11-26(24)38(28)13-12-29(39)40/h6-11,14-16,35H,12-13H2,1-5H3,(H-,39,40,42,43)/p+1. The van der Waals surface area contributed by atoms with Crippen LogP contribution in [-0.2, 0) is 20.4 Å². The molecule has 3 aliphatic rings. The van der Waals surface area contributed by atoms with Gasteiger partial charge in [0.1, 0.15) is 18.7 Å². The Morgan fingerprint density at radius 1 is 1.05 bits per heavy atom. The van der Waals surface area contributed by atoms with Crippen molar-refractivity contribution in [2.45, 2.75) is 44.9 Å². The Bertz CT molecular complexity index is 1870. The predicted molar refractivity (Wildman–Crippen MR) is 161 cm³/mol. The first-order chi connectivity index (χ1) is 20.2. The van der Waals surface area contributed by atoms with Crippen molar-refractivity contribution in [3.05, 3.63) is 99.3 Å². The number of nitriles is 1. The average molecular weight is 576 g/mol. The van der Waals surface area contributed by atoms with Crippen molar-refractivity contribution in [2.24, 2.45) is 0 Å². The van der Waals surface area contributed by atoms with Gasteiger partial charge < -0.3 is 15.1 Å². The van der Waals surface area contributed by atoms with E-state index >= 15 is 0 Å². The second kappa shape index (κ2) is 10.2. The lowest BCUT2D eigenvalue weighted by atomic mass is 9.73. The quantitative estimate of drug-likeness (QED) is 0.181. The summed E-state index contributed by atoms with van der Waals surface area (Å²) in [7, 11) is 1.93. The largest absolute Gasteiger partial charge is 0.481 e. The molecule has 2 aromatic carbocycles. The lowest BCUT2D eigenvalue weighted by molar-refractivity contribution is -0.401. The van der Waals surface area contributed by atoms with Gasteiger partial charge in [-0.25, -0.2) is 4.79 Å². The van der Waals surface area contributed by atoms with E-state index in [0.29, 0.717) is 28.1 Å². The number of carboxylic acid groups (broad SMARTS) is 2. The van der Waals surface area contributed by atoms with E-state index in [2.05, 4.69) is 19.7 Å². The number of rotatable bonds is 7. The Hall–Kier alpha value is -5.32. The topological polar surface area (TPSA) is 146 Å². The summed E-state index contributed by atoms with van der Waals surface area (Å²) in [5, 5.41) is 36.8. The monoisotopic (exact) mass is 575 g/mol. The predicted octanol–water partition coefficient (Wildman–Crippen LogP) is 5.05. The minimum Gasteiger partial charge on any atom is -0.481 e. The molecular weight excluding hydrogens is 544 g/mol. The van der Waals surface area contributed by atoms with Crippen molar-refractivity contribution in [2.75, 3.05) is 18.5 Å². The normalized spacial score (nSPS) is 19.6. The van der Waals surface area contributed by atoms with Crippen LogP contribution in [0.3, 0.4) is 0 Å². The van der Waals surface area contributed by atoms with Gasteiger partial charge >= 0.3 is 11.9 Å². The van der Waals surface area contributed by atoms with E-state index in [4.69, 9.17) is 5.41 Å². The minimum absolute atomic E-state index is 0.0875. The number of fused-ring (bicyclic) bond motifs is 2. The average Bonchev–Trinajstić information content (AvgIpc) is 3.30. The Labute approximate surface area is 249 Å². The molecule has 216 valence electrons. The van der Waals surface area contributed by atoms with Gasteiger partial charge in [0, 0.05) is 57.8 Å². The van der Waals surface area contributed by atoms with E-state index < -0.39 is 22.8 Å². The van der Waals surface area contributed by atoms with E-state index in [1.807, 2.05) is 55.8 Å². The van der Waals surface area contributed by atoms with Gasteiger partial charge in [-0.2, -0.15) is 9.84 Å². The molecule has 0 spiro atoms. The van der Waals surface area contributed by atoms with Crippen molar-refractivity contribution in [1.82, 2.24) is 0 Å². The number of nitrogens with one attached hydrogen (secondary N) is 1. The van der Waals surface area contributed by atoms with E-state index in [9.17, 15) is 29.9 Å². The van der Waals surface area contributed by atoms with Gasteiger partial charge in [0.25, 0.3) is 0 Å². The molecule has 0 atom stereocenters. The fourth-order valence-electron chi connectivity index (χ4n) is 6.40. The molecule has 0 radical (unpaired) electrons. The number of ketones is 1. The van der Waals surface area contributed by atoms with Gasteiger partial charge in [-0.1, -0.05) is 32.0 Å². The Morgan fingerprint density at radius 3 is 2.35 bits per heavy atom. The van der Waals surface area contributed by atoms with Crippen molar-refractivity contribution in [3.8, 4) is 6.07 Å². The van der Waals surface area contributed by atoms with Crippen molar-refractivity contribution >= 4 is 40.7 Å². The number of para-hydroxylation sites is 1. The van der Waals surface area contributed by atoms with Gasteiger partial charge in [0.05, 0.1) is 17.4 Å². The molecule has 43 heavy (non-hydrogen) atoms. The molecule has 0 fully saturated rings. The first kappa shape index (κ1) is 29.2. The third-order valence-electron chi connectivity index (χ3n) is 8.71. The fraction of sp³-hybridized carbons (Fsp3) is 0.265. The number of carbonyl (C=O) groups excluding carboxylic acids is 1. The lowest BCUT2D eigenvalue weighted by Crippen LogP contribution is -2.32. The summed E-state index contributed by atoms with van der Waals surface area (Å²) in [5.74, 6) is -0.212. The zero-order valence-corrected chi connectivity index (χ0v) is 24.6. The molecule has 5 rings (SSSR count). The SMILES string of the molecule is C[N+]1=C(/C=C2\C(=O)C(/C=C3/N(CCC(=O)O)c4ccc(C(=O)O)cc4C3(C)C)=C2C(=C=N)C#N)C(C)(C)c2ccccc21. The second-order valence-electron chi connectivity index (χ2n) is 11.9. The number of allylic oxidation sites excluding steroid dienone is 7. The third kappa shape index (κ3) is 4.44. The van der Waals surface area contributed by atoms with Crippen LogP contribution in [0.25, 0.3) is 0 Å². The Morgan fingerprint density at radius 2 is 1.74 bits per heavy atom. The Kier molecular flexibility index (Phi) is 6.92. The second-order valence-corrected chi connectivity index (χ2v) is 11.9. The third-order valence-corrected chi connectivity index (χ3v) is 8.71. The summed E-state index contributed by atoms with van der Waals surface area (Å²) < 4.78 is 2.02. The zero-order chi connectivity index (χ0) is 31.4. The molecule has 9 nitrogen and oxygen atoms in total. The molecule has 1 aliphatic carbocycles. The number of aliphatic carboxylic acids is 1.